The minimum absolute atomic E-state index is 0.423. The van der Waals surface area contributed by atoms with Crippen LogP contribution in [0, 0.1) is 6.92 Å². The van der Waals surface area contributed by atoms with E-state index in [-0.39, 0.29) is 0 Å². The summed E-state index contributed by atoms with van der Waals surface area (Å²) < 4.78 is 4.45. The maximum Gasteiger partial charge on any atom is 0.330 e. The van der Waals surface area contributed by atoms with Crippen LogP contribution in [0.5, 0.6) is 0 Å². The van der Waals surface area contributed by atoms with Crippen molar-refractivity contribution in [3.63, 3.8) is 0 Å². The number of esters is 1. The maximum atomic E-state index is 10.8. The van der Waals surface area contributed by atoms with Gasteiger partial charge in [0.05, 0.1) is 18.5 Å². The van der Waals surface area contributed by atoms with E-state index in [1.54, 1.807) is 6.20 Å². The summed E-state index contributed by atoms with van der Waals surface area (Å²) >= 11 is 0. The van der Waals surface area contributed by atoms with Gasteiger partial charge in [0.15, 0.2) is 0 Å². The lowest BCUT2D eigenvalue weighted by Gasteiger charge is -2.01. The Labute approximate surface area is 82.4 Å². The summed E-state index contributed by atoms with van der Waals surface area (Å²) in [5.74, 6) is -0.423. The van der Waals surface area contributed by atoms with E-state index in [1.165, 1.54) is 19.3 Å². The van der Waals surface area contributed by atoms with Crippen molar-refractivity contribution in [1.29, 1.82) is 0 Å². The third-order valence-electron chi connectivity index (χ3n) is 1.82. The average molecular weight is 192 g/mol. The molecule has 0 aromatic carbocycles. The van der Waals surface area contributed by atoms with Crippen molar-refractivity contribution in [2.45, 2.75) is 6.92 Å². The molecule has 74 valence electrons. The number of hydrogen-bond acceptors (Lipinski definition) is 4. The Morgan fingerprint density at radius 2 is 2.36 bits per heavy atom. The first kappa shape index (κ1) is 10.2. The summed E-state index contributed by atoms with van der Waals surface area (Å²) in [4.78, 5) is 14.8. The Morgan fingerprint density at radius 1 is 1.64 bits per heavy atom. The number of anilines is 1. The standard InChI is InChI=1S/C10H12N2O2/c1-7-5-6-12-8(10(7)11)3-4-9(13)14-2/h3-6H,11H2,1-2H3. The molecule has 1 aromatic heterocycles. The van der Waals surface area contributed by atoms with E-state index in [2.05, 4.69) is 9.72 Å². The second-order valence-corrected chi connectivity index (χ2v) is 2.78. The van der Waals surface area contributed by atoms with Crippen LogP contribution in [0.1, 0.15) is 11.3 Å². The summed E-state index contributed by atoms with van der Waals surface area (Å²) in [7, 11) is 1.32. The van der Waals surface area contributed by atoms with Gasteiger partial charge in [-0.1, -0.05) is 0 Å². The summed E-state index contributed by atoms with van der Waals surface area (Å²) in [5, 5.41) is 0. The molecule has 4 nitrogen and oxygen atoms in total. The number of rotatable bonds is 2. The van der Waals surface area contributed by atoms with E-state index in [0.717, 1.165) is 5.56 Å². The van der Waals surface area contributed by atoms with Crippen molar-refractivity contribution in [3.05, 3.63) is 29.6 Å². The highest BCUT2D eigenvalue weighted by Gasteiger charge is 2.00. The lowest BCUT2D eigenvalue weighted by Crippen LogP contribution is -1.97. The first-order valence-electron chi connectivity index (χ1n) is 4.12. The van der Waals surface area contributed by atoms with Crippen LogP contribution in [-0.2, 0) is 9.53 Å². The van der Waals surface area contributed by atoms with E-state index in [9.17, 15) is 4.79 Å². The number of pyridine rings is 1. The molecule has 0 aliphatic carbocycles. The largest absolute Gasteiger partial charge is 0.466 e. The van der Waals surface area contributed by atoms with Crippen LogP contribution in [0.4, 0.5) is 5.69 Å². The molecule has 0 spiro atoms. The van der Waals surface area contributed by atoms with Gasteiger partial charge in [-0.3, -0.25) is 4.98 Å². The highest BCUT2D eigenvalue weighted by molar-refractivity contribution is 5.87. The summed E-state index contributed by atoms with van der Waals surface area (Å²) in [5.41, 5.74) is 7.83. The predicted molar refractivity (Wildman–Crippen MR) is 54.4 cm³/mol. The molecule has 0 bridgehead atoms. The number of aryl methyl sites for hydroxylation is 1. The zero-order valence-electron chi connectivity index (χ0n) is 8.15. The zero-order chi connectivity index (χ0) is 10.6. The fraction of sp³-hybridized carbons (Fsp3) is 0.200. The number of ether oxygens (including phenoxy) is 1. The minimum atomic E-state index is -0.423. The fourth-order valence-corrected chi connectivity index (χ4v) is 0.939. The van der Waals surface area contributed by atoms with Crippen LogP contribution < -0.4 is 5.73 Å². The Kier molecular flexibility index (Phi) is 3.23. The molecule has 1 aromatic rings. The molecule has 0 saturated carbocycles. The third kappa shape index (κ3) is 2.32. The van der Waals surface area contributed by atoms with Crippen molar-refractivity contribution in [3.8, 4) is 0 Å². The summed E-state index contributed by atoms with van der Waals surface area (Å²) in [6.07, 6.45) is 4.47. The molecule has 4 heteroatoms. The highest BCUT2D eigenvalue weighted by atomic mass is 16.5. The molecule has 14 heavy (non-hydrogen) atoms. The van der Waals surface area contributed by atoms with Crippen LogP contribution in [0.3, 0.4) is 0 Å². The van der Waals surface area contributed by atoms with E-state index in [4.69, 9.17) is 5.73 Å². The van der Waals surface area contributed by atoms with Gasteiger partial charge < -0.3 is 10.5 Å². The second kappa shape index (κ2) is 4.41. The molecule has 0 aliphatic rings. The Bertz CT molecular complexity index is 372. The number of methoxy groups -OCH3 is 1. The van der Waals surface area contributed by atoms with E-state index in [1.807, 2.05) is 13.0 Å². The van der Waals surface area contributed by atoms with Crippen LogP contribution in [0.15, 0.2) is 18.3 Å². The molecular formula is C10H12N2O2. The number of nitrogens with two attached hydrogens (primary N) is 1. The Hall–Kier alpha value is -1.84. The van der Waals surface area contributed by atoms with E-state index < -0.39 is 5.97 Å². The van der Waals surface area contributed by atoms with Gasteiger partial charge in [-0.15, -0.1) is 0 Å². The van der Waals surface area contributed by atoms with Gasteiger partial charge in [-0.25, -0.2) is 4.79 Å². The van der Waals surface area contributed by atoms with Crippen molar-refractivity contribution >= 4 is 17.7 Å². The quantitative estimate of drug-likeness (QED) is 0.564. The van der Waals surface area contributed by atoms with Crippen molar-refractivity contribution in [2.75, 3.05) is 12.8 Å². The van der Waals surface area contributed by atoms with Crippen LogP contribution in [0.25, 0.3) is 6.08 Å². The van der Waals surface area contributed by atoms with E-state index in [0.29, 0.717) is 11.4 Å². The summed E-state index contributed by atoms with van der Waals surface area (Å²) in [6.45, 7) is 1.88. The van der Waals surface area contributed by atoms with Crippen LogP contribution in [0.2, 0.25) is 0 Å². The van der Waals surface area contributed by atoms with Crippen LogP contribution >= 0.6 is 0 Å². The second-order valence-electron chi connectivity index (χ2n) is 2.78. The van der Waals surface area contributed by atoms with Gasteiger partial charge >= 0.3 is 5.97 Å². The molecule has 0 aliphatic heterocycles. The lowest BCUT2D eigenvalue weighted by molar-refractivity contribution is -0.134. The minimum Gasteiger partial charge on any atom is -0.466 e. The molecule has 1 heterocycles. The highest BCUT2D eigenvalue weighted by Crippen LogP contribution is 2.14. The number of nitrogen functional groups attached to an aromatic ring is 1. The van der Waals surface area contributed by atoms with Gasteiger partial charge in [0, 0.05) is 12.3 Å². The fourth-order valence-electron chi connectivity index (χ4n) is 0.939. The number of carbonyl (C=O) groups excluding carboxylic acids is 1. The predicted octanol–water partition coefficient (Wildman–Crippen LogP) is 1.16. The Morgan fingerprint density at radius 3 is 3.00 bits per heavy atom. The first-order chi connectivity index (χ1) is 6.65. The molecule has 0 unspecified atom stereocenters. The number of carbonyl (C=O) groups is 1. The number of aromatic nitrogens is 1. The molecule has 2 N–H and O–H groups in total. The normalized spacial score (nSPS) is 10.4. The molecule has 0 radical (unpaired) electrons. The molecule has 0 amide bonds. The monoisotopic (exact) mass is 192 g/mol. The number of nitrogens with zero attached hydrogens (tertiary/aromatic N) is 1. The van der Waals surface area contributed by atoms with Crippen molar-refractivity contribution in [2.24, 2.45) is 0 Å². The number of hydrogen-bond donors (Lipinski definition) is 1. The van der Waals surface area contributed by atoms with Gasteiger partial charge in [0.1, 0.15) is 0 Å². The van der Waals surface area contributed by atoms with Gasteiger partial charge in [-0.05, 0) is 24.6 Å². The smallest absolute Gasteiger partial charge is 0.330 e. The molecule has 0 saturated heterocycles. The van der Waals surface area contributed by atoms with Crippen molar-refractivity contribution in [1.82, 2.24) is 4.98 Å². The molecular weight excluding hydrogens is 180 g/mol. The molecule has 1 rings (SSSR count). The van der Waals surface area contributed by atoms with Gasteiger partial charge in [0.2, 0.25) is 0 Å². The first-order valence-corrected chi connectivity index (χ1v) is 4.12. The van der Waals surface area contributed by atoms with Crippen molar-refractivity contribution < 1.29 is 9.53 Å². The maximum absolute atomic E-state index is 10.8. The molecule has 0 fully saturated rings. The average Bonchev–Trinajstić information content (AvgIpc) is 2.20. The van der Waals surface area contributed by atoms with Gasteiger partial charge in [-0.2, -0.15) is 0 Å². The SMILES string of the molecule is COC(=O)C=Cc1nccc(C)c1N. The topological polar surface area (TPSA) is 65.2 Å². The molecule has 0 atom stereocenters. The lowest BCUT2D eigenvalue weighted by atomic mass is 10.2. The van der Waals surface area contributed by atoms with E-state index >= 15 is 0 Å². The zero-order valence-corrected chi connectivity index (χ0v) is 8.15. The van der Waals surface area contributed by atoms with Crippen LogP contribution in [-0.4, -0.2) is 18.1 Å². The Balaban J connectivity index is 2.92. The third-order valence-corrected chi connectivity index (χ3v) is 1.82. The van der Waals surface area contributed by atoms with Gasteiger partial charge in [0.25, 0.3) is 0 Å². The summed E-state index contributed by atoms with van der Waals surface area (Å²) in [6, 6.07) is 1.81.